The Balaban J connectivity index is 1.41. The van der Waals surface area contributed by atoms with Crippen LogP contribution in [-0.4, -0.2) is 43.1 Å². The van der Waals surface area contributed by atoms with Crippen LogP contribution in [0.2, 0.25) is 0 Å². The summed E-state index contributed by atoms with van der Waals surface area (Å²) in [5.74, 6) is 0.833. The predicted molar refractivity (Wildman–Crippen MR) is 134 cm³/mol. The van der Waals surface area contributed by atoms with Crippen molar-refractivity contribution >= 4 is 0 Å². The topological polar surface area (TPSA) is 89.0 Å². The first kappa shape index (κ1) is 22.7. The Kier molecular flexibility index (Phi) is 5.76. The molecule has 3 heterocycles. The van der Waals surface area contributed by atoms with Crippen LogP contribution in [0.5, 0.6) is 11.5 Å². The van der Waals surface area contributed by atoms with Crippen LogP contribution in [-0.2, 0) is 0 Å². The number of hydrogen-bond donors (Lipinski definition) is 0. The van der Waals surface area contributed by atoms with E-state index in [1.165, 1.54) is 36.9 Å². The van der Waals surface area contributed by atoms with Crippen molar-refractivity contribution in [1.82, 2.24) is 29.3 Å². The molecule has 0 amide bonds. The second-order valence-electron chi connectivity index (χ2n) is 8.79. The molecule has 9 nitrogen and oxygen atoms in total. The van der Waals surface area contributed by atoms with Crippen LogP contribution in [0.25, 0.3) is 28.5 Å². The second-order valence-corrected chi connectivity index (χ2v) is 8.79. The van der Waals surface area contributed by atoms with E-state index in [1.807, 2.05) is 24.3 Å². The number of aromatic nitrogens is 6. The molecule has 2 aromatic carbocycles. The van der Waals surface area contributed by atoms with Gasteiger partial charge in [-0.2, -0.15) is 15.3 Å². The minimum Gasteiger partial charge on any atom is -0.493 e. The lowest BCUT2D eigenvalue weighted by Gasteiger charge is -2.13. The van der Waals surface area contributed by atoms with Crippen molar-refractivity contribution in [2.75, 3.05) is 13.7 Å². The van der Waals surface area contributed by atoms with Gasteiger partial charge in [0.05, 0.1) is 43.2 Å². The standard InChI is InChI=1S/C27H23FN6O3/c1-36-25-16-33(23-9-8-19(15-22(23)28)32-13-3-11-29-32)31-26(27(25)35)24-10-12-30-34(24)20-4-2-5-21(14-20)37-17-18-6-7-18/h2-5,8-16,18H,6-7,17H2,1H3. The van der Waals surface area contributed by atoms with E-state index in [-0.39, 0.29) is 17.1 Å². The van der Waals surface area contributed by atoms with E-state index in [0.717, 1.165) is 5.75 Å². The number of hydrogen-bond acceptors (Lipinski definition) is 6. The molecule has 0 saturated heterocycles. The number of methoxy groups -OCH3 is 1. The average Bonchev–Trinajstić information content (AvgIpc) is 3.36. The Morgan fingerprint density at radius 2 is 1.89 bits per heavy atom. The van der Waals surface area contributed by atoms with Gasteiger partial charge in [0.1, 0.15) is 11.4 Å². The third kappa shape index (κ3) is 4.49. The second kappa shape index (κ2) is 9.38. The molecule has 0 aliphatic heterocycles. The van der Waals surface area contributed by atoms with Crippen LogP contribution >= 0.6 is 0 Å². The van der Waals surface area contributed by atoms with Crippen molar-refractivity contribution in [3.8, 4) is 39.9 Å². The zero-order chi connectivity index (χ0) is 25.4. The van der Waals surface area contributed by atoms with Crippen molar-refractivity contribution in [3.05, 3.63) is 95.4 Å². The van der Waals surface area contributed by atoms with Gasteiger partial charge in [-0.3, -0.25) is 4.79 Å². The molecule has 1 aliphatic rings. The highest BCUT2D eigenvalue weighted by molar-refractivity contribution is 5.60. The van der Waals surface area contributed by atoms with Gasteiger partial charge in [0.2, 0.25) is 0 Å². The Hall–Kier alpha value is -4.73. The van der Waals surface area contributed by atoms with Crippen LogP contribution in [0.4, 0.5) is 4.39 Å². The number of benzene rings is 2. The lowest BCUT2D eigenvalue weighted by Crippen LogP contribution is -2.18. The molecule has 0 unspecified atom stereocenters. The van der Waals surface area contributed by atoms with Crippen molar-refractivity contribution in [3.63, 3.8) is 0 Å². The van der Waals surface area contributed by atoms with Gasteiger partial charge in [-0.05, 0) is 55.2 Å². The van der Waals surface area contributed by atoms with Crippen molar-refractivity contribution in [2.45, 2.75) is 12.8 Å². The molecule has 10 heteroatoms. The van der Waals surface area contributed by atoms with E-state index < -0.39 is 11.2 Å². The Morgan fingerprint density at radius 3 is 2.65 bits per heavy atom. The van der Waals surface area contributed by atoms with Crippen LogP contribution in [0.3, 0.4) is 0 Å². The molecule has 0 atom stereocenters. The summed E-state index contributed by atoms with van der Waals surface area (Å²) in [6, 6.07) is 15.6. The first-order valence-corrected chi connectivity index (χ1v) is 11.9. The molecular formula is C27H23FN6O3. The lowest BCUT2D eigenvalue weighted by molar-refractivity contribution is 0.299. The summed E-state index contributed by atoms with van der Waals surface area (Å²) in [7, 11) is 1.39. The van der Waals surface area contributed by atoms with Crippen LogP contribution in [0, 0.1) is 11.7 Å². The molecule has 3 aromatic heterocycles. The molecule has 6 rings (SSSR count). The third-order valence-electron chi connectivity index (χ3n) is 6.18. The number of ether oxygens (including phenoxy) is 2. The van der Waals surface area contributed by atoms with Gasteiger partial charge in [0, 0.05) is 24.5 Å². The quantitative estimate of drug-likeness (QED) is 0.319. The first-order chi connectivity index (χ1) is 18.1. The highest BCUT2D eigenvalue weighted by atomic mass is 19.1. The maximum absolute atomic E-state index is 15.2. The largest absolute Gasteiger partial charge is 0.493 e. The Labute approximate surface area is 211 Å². The number of halogens is 1. The van der Waals surface area contributed by atoms with Gasteiger partial charge >= 0.3 is 0 Å². The minimum absolute atomic E-state index is 0.0230. The van der Waals surface area contributed by atoms with Gasteiger partial charge in [-0.1, -0.05) is 6.07 Å². The Morgan fingerprint density at radius 1 is 1.00 bits per heavy atom. The zero-order valence-corrected chi connectivity index (χ0v) is 20.0. The molecule has 0 N–H and O–H groups in total. The maximum atomic E-state index is 15.2. The SMILES string of the molecule is COc1cn(-c2ccc(-n3cccn3)cc2F)nc(-c2ccnn2-c2cccc(OCC3CC3)c2)c1=O. The highest BCUT2D eigenvalue weighted by Gasteiger charge is 2.22. The van der Waals surface area contributed by atoms with Gasteiger partial charge in [-0.15, -0.1) is 0 Å². The van der Waals surface area contributed by atoms with Gasteiger partial charge in [0.25, 0.3) is 5.43 Å². The molecule has 1 saturated carbocycles. The molecule has 5 aromatic rings. The van der Waals surface area contributed by atoms with Crippen LogP contribution < -0.4 is 14.9 Å². The van der Waals surface area contributed by atoms with E-state index in [1.54, 1.807) is 52.2 Å². The minimum atomic E-state index is -0.536. The van der Waals surface area contributed by atoms with E-state index in [2.05, 4.69) is 15.3 Å². The number of nitrogens with zero attached hydrogens (tertiary/aromatic N) is 6. The molecule has 37 heavy (non-hydrogen) atoms. The molecule has 0 radical (unpaired) electrons. The molecular weight excluding hydrogens is 475 g/mol. The van der Waals surface area contributed by atoms with Crippen molar-refractivity contribution in [1.29, 1.82) is 0 Å². The van der Waals surface area contributed by atoms with Gasteiger partial charge < -0.3 is 9.47 Å². The van der Waals surface area contributed by atoms with Gasteiger partial charge in [-0.25, -0.2) is 18.4 Å². The van der Waals surface area contributed by atoms with Crippen molar-refractivity contribution < 1.29 is 13.9 Å². The third-order valence-corrected chi connectivity index (χ3v) is 6.18. The normalized spacial score (nSPS) is 13.0. The summed E-state index contributed by atoms with van der Waals surface area (Å²) in [6.07, 6.45) is 8.68. The van der Waals surface area contributed by atoms with Crippen molar-refractivity contribution in [2.24, 2.45) is 5.92 Å². The monoisotopic (exact) mass is 498 g/mol. The summed E-state index contributed by atoms with van der Waals surface area (Å²) in [6.45, 7) is 0.683. The van der Waals surface area contributed by atoms with Crippen LogP contribution in [0.1, 0.15) is 12.8 Å². The average molecular weight is 499 g/mol. The summed E-state index contributed by atoms with van der Waals surface area (Å²) < 4.78 is 30.9. The zero-order valence-electron chi connectivity index (χ0n) is 20.0. The number of rotatable bonds is 8. The fraction of sp³-hybridized carbons (Fsp3) is 0.185. The molecule has 1 fully saturated rings. The summed E-state index contributed by atoms with van der Waals surface area (Å²) >= 11 is 0. The molecule has 0 spiro atoms. The summed E-state index contributed by atoms with van der Waals surface area (Å²) in [5, 5.41) is 13.0. The molecule has 186 valence electrons. The summed E-state index contributed by atoms with van der Waals surface area (Å²) in [4.78, 5) is 13.2. The van der Waals surface area contributed by atoms with E-state index in [4.69, 9.17) is 9.47 Å². The fourth-order valence-corrected chi connectivity index (χ4v) is 4.04. The van der Waals surface area contributed by atoms with Crippen LogP contribution in [0.15, 0.2) is 84.2 Å². The van der Waals surface area contributed by atoms with E-state index in [9.17, 15) is 4.79 Å². The smallest absolute Gasteiger partial charge is 0.251 e. The maximum Gasteiger partial charge on any atom is 0.251 e. The highest BCUT2D eigenvalue weighted by Crippen LogP contribution is 2.30. The van der Waals surface area contributed by atoms with E-state index in [0.29, 0.717) is 29.6 Å². The van der Waals surface area contributed by atoms with E-state index >= 15 is 4.39 Å². The fourth-order valence-electron chi connectivity index (χ4n) is 4.04. The first-order valence-electron chi connectivity index (χ1n) is 11.9. The predicted octanol–water partition coefficient (Wildman–Crippen LogP) is 4.21. The Bertz CT molecular complexity index is 1620. The lowest BCUT2D eigenvalue weighted by atomic mass is 10.2. The summed E-state index contributed by atoms with van der Waals surface area (Å²) in [5.41, 5.74) is 1.48. The molecule has 1 aliphatic carbocycles. The molecule has 0 bridgehead atoms. The van der Waals surface area contributed by atoms with Gasteiger partial charge in [0.15, 0.2) is 17.3 Å².